The summed E-state index contributed by atoms with van der Waals surface area (Å²) >= 11 is 0. The lowest BCUT2D eigenvalue weighted by Gasteiger charge is -2.42. The lowest BCUT2D eigenvalue weighted by Crippen LogP contribution is -2.56. The number of rotatable bonds is 5. The molecule has 0 N–H and O–H groups in total. The van der Waals surface area contributed by atoms with E-state index in [2.05, 4.69) is 46.4 Å². The first-order valence-electron chi connectivity index (χ1n) is 12.6. The fourth-order valence-corrected chi connectivity index (χ4v) is 6.22. The Bertz CT molecular complexity index is 1200. The van der Waals surface area contributed by atoms with Crippen molar-refractivity contribution in [1.29, 1.82) is 0 Å². The lowest BCUT2D eigenvalue weighted by molar-refractivity contribution is -0.137. The van der Waals surface area contributed by atoms with E-state index in [1.165, 1.54) is 16.7 Å². The van der Waals surface area contributed by atoms with Crippen LogP contribution in [0.1, 0.15) is 36.5 Å². The fraction of sp³-hybridized carbons (Fsp3) is 0.393. The van der Waals surface area contributed by atoms with Gasteiger partial charge in [-0.05, 0) is 67.5 Å². The molecule has 0 unspecified atom stereocenters. The first kappa shape index (κ1) is 22.0. The van der Waals surface area contributed by atoms with Crippen molar-refractivity contribution in [3.05, 3.63) is 83.7 Å². The zero-order valence-electron chi connectivity index (χ0n) is 20.1. The number of piperidine rings is 1. The number of urea groups is 1. The van der Waals surface area contributed by atoms with Crippen LogP contribution in [0.25, 0.3) is 5.69 Å². The molecule has 1 aromatic heterocycles. The van der Waals surface area contributed by atoms with Crippen LogP contribution in [0.15, 0.2) is 67.0 Å². The van der Waals surface area contributed by atoms with Gasteiger partial charge < -0.3 is 4.90 Å². The Morgan fingerprint density at radius 3 is 2.23 bits per heavy atom. The molecule has 0 radical (unpaired) electrons. The minimum absolute atomic E-state index is 0.0189. The fourth-order valence-electron chi connectivity index (χ4n) is 6.22. The third kappa shape index (κ3) is 3.65. The predicted octanol–water partition coefficient (Wildman–Crippen LogP) is 3.66. The number of carbonyl (C=O) groups excluding carboxylic acids is 2. The molecule has 1 spiro atoms. The van der Waals surface area contributed by atoms with Gasteiger partial charge in [-0.2, -0.15) is 5.10 Å². The van der Waals surface area contributed by atoms with Gasteiger partial charge >= 0.3 is 6.03 Å². The maximum atomic E-state index is 13.9. The largest absolute Gasteiger partial charge is 0.327 e. The summed E-state index contributed by atoms with van der Waals surface area (Å²) in [5.74, 6) is 0.0189. The summed E-state index contributed by atoms with van der Waals surface area (Å²) in [7, 11) is 0. The summed E-state index contributed by atoms with van der Waals surface area (Å²) in [6.07, 6.45) is 6.62. The molecule has 0 bridgehead atoms. The molecule has 1 aliphatic carbocycles. The summed E-state index contributed by atoms with van der Waals surface area (Å²) in [5, 5.41) is 4.29. The summed E-state index contributed by atoms with van der Waals surface area (Å²) < 4.78 is 1.85. The molecule has 0 atom stereocenters. The van der Waals surface area contributed by atoms with Gasteiger partial charge in [0.15, 0.2) is 0 Å². The number of amides is 3. The molecule has 2 aliphatic heterocycles. The Labute approximate surface area is 205 Å². The number of likely N-dealkylation sites (N-methyl/N-ethyl adjacent to an activating group) is 1. The second-order valence-corrected chi connectivity index (χ2v) is 9.96. The monoisotopic (exact) mass is 469 g/mol. The van der Waals surface area contributed by atoms with Crippen LogP contribution in [-0.2, 0) is 24.2 Å². The number of fused-ring (bicyclic) bond motifs is 1. The molecule has 2 saturated heterocycles. The maximum absolute atomic E-state index is 13.9. The van der Waals surface area contributed by atoms with Gasteiger partial charge in [0, 0.05) is 44.6 Å². The van der Waals surface area contributed by atoms with Crippen LogP contribution in [-0.4, -0.2) is 67.6 Å². The van der Waals surface area contributed by atoms with Crippen molar-refractivity contribution in [3.63, 3.8) is 0 Å². The van der Waals surface area contributed by atoms with Gasteiger partial charge in [0.1, 0.15) is 5.54 Å². The van der Waals surface area contributed by atoms with Crippen molar-refractivity contribution in [1.82, 2.24) is 24.5 Å². The topological polar surface area (TPSA) is 61.7 Å². The van der Waals surface area contributed by atoms with Crippen molar-refractivity contribution < 1.29 is 9.59 Å². The van der Waals surface area contributed by atoms with E-state index in [1.54, 1.807) is 11.1 Å². The van der Waals surface area contributed by atoms with E-state index >= 15 is 0 Å². The van der Waals surface area contributed by atoms with Crippen molar-refractivity contribution in [3.8, 4) is 5.69 Å². The van der Waals surface area contributed by atoms with Crippen molar-refractivity contribution in [2.45, 2.75) is 50.7 Å². The molecule has 180 valence electrons. The van der Waals surface area contributed by atoms with Gasteiger partial charge in [-0.3, -0.25) is 14.6 Å². The predicted molar refractivity (Wildman–Crippen MR) is 133 cm³/mol. The molecule has 2 fully saturated rings. The van der Waals surface area contributed by atoms with Crippen LogP contribution >= 0.6 is 0 Å². The lowest BCUT2D eigenvalue weighted by atomic mass is 9.85. The summed E-state index contributed by atoms with van der Waals surface area (Å²) in [6.45, 7) is 5.00. The van der Waals surface area contributed by atoms with Gasteiger partial charge in [0.25, 0.3) is 5.91 Å². The van der Waals surface area contributed by atoms with E-state index in [-0.39, 0.29) is 18.0 Å². The maximum Gasteiger partial charge on any atom is 0.327 e. The van der Waals surface area contributed by atoms with E-state index in [9.17, 15) is 9.59 Å². The summed E-state index contributed by atoms with van der Waals surface area (Å²) in [6, 6.07) is 18.5. The Kier molecular flexibility index (Phi) is 5.44. The van der Waals surface area contributed by atoms with Crippen molar-refractivity contribution >= 4 is 11.9 Å². The van der Waals surface area contributed by atoms with E-state index in [0.29, 0.717) is 19.4 Å². The first-order chi connectivity index (χ1) is 17.1. The molecule has 3 aliphatic rings. The average molecular weight is 470 g/mol. The molecule has 7 nitrogen and oxygen atoms in total. The Morgan fingerprint density at radius 2 is 1.63 bits per heavy atom. The summed E-state index contributed by atoms with van der Waals surface area (Å²) in [4.78, 5) is 33.2. The summed E-state index contributed by atoms with van der Waals surface area (Å²) in [5.41, 5.74) is 4.11. The number of aromatic nitrogens is 2. The molecule has 3 aromatic rings. The van der Waals surface area contributed by atoms with Gasteiger partial charge in [0.05, 0.1) is 5.69 Å². The minimum Gasteiger partial charge on any atom is -0.310 e. The normalized spacial score (nSPS) is 20.3. The number of likely N-dealkylation sites (tertiary alicyclic amines) is 1. The van der Waals surface area contributed by atoms with Crippen molar-refractivity contribution in [2.24, 2.45) is 0 Å². The molecule has 0 saturated carbocycles. The Hall–Kier alpha value is -3.45. The zero-order chi connectivity index (χ0) is 24.0. The quantitative estimate of drug-likeness (QED) is 0.535. The molecule has 6 rings (SSSR count). The SMILES string of the molecule is CCN1C(=O)N(C2Cc3ccccc3C2)C(=O)C12CCN(Cc1ccc(-n3cccn3)cc1)CC2. The molecule has 2 aromatic carbocycles. The Morgan fingerprint density at radius 1 is 0.943 bits per heavy atom. The van der Waals surface area contributed by atoms with E-state index in [4.69, 9.17) is 0 Å². The number of benzene rings is 2. The molecular weight excluding hydrogens is 438 g/mol. The second kappa shape index (κ2) is 8.64. The highest BCUT2D eigenvalue weighted by Crippen LogP contribution is 2.40. The van der Waals surface area contributed by atoms with E-state index in [0.717, 1.165) is 38.2 Å². The van der Waals surface area contributed by atoms with Crippen molar-refractivity contribution in [2.75, 3.05) is 19.6 Å². The number of hydrogen-bond acceptors (Lipinski definition) is 4. The van der Waals surface area contributed by atoms with Crippen LogP contribution in [0.4, 0.5) is 4.79 Å². The van der Waals surface area contributed by atoms with E-state index < -0.39 is 5.54 Å². The average Bonchev–Trinajstić information content (AvgIpc) is 3.60. The molecule has 3 amide bonds. The molecule has 3 heterocycles. The smallest absolute Gasteiger partial charge is 0.310 e. The minimum atomic E-state index is -0.693. The second-order valence-electron chi connectivity index (χ2n) is 9.96. The van der Waals surface area contributed by atoms with Crippen LogP contribution in [0.5, 0.6) is 0 Å². The third-order valence-corrected chi connectivity index (χ3v) is 8.08. The third-order valence-electron chi connectivity index (χ3n) is 8.08. The molecular formula is C28H31N5O2. The highest BCUT2D eigenvalue weighted by atomic mass is 16.2. The van der Waals surface area contributed by atoms with Crippen LogP contribution in [0.2, 0.25) is 0 Å². The van der Waals surface area contributed by atoms with Gasteiger partial charge in [-0.25, -0.2) is 9.48 Å². The highest BCUT2D eigenvalue weighted by molar-refractivity contribution is 6.07. The van der Waals surface area contributed by atoms with Crippen LogP contribution < -0.4 is 0 Å². The first-order valence-corrected chi connectivity index (χ1v) is 12.6. The van der Waals surface area contributed by atoms with Gasteiger partial charge in [0.2, 0.25) is 0 Å². The van der Waals surface area contributed by atoms with Crippen LogP contribution in [0.3, 0.4) is 0 Å². The van der Waals surface area contributed by atoms with E-state index in [1.807, 2.05) is 40.9 Å². The number of carbonyl (C=O) groups is 2. The molecule has 7 heteroatoms. The van der Waals surface area contributed by atoms with Gasteiger partial charge in [-0.1, -0.05) is 36.4 Å². The number of imide groups is 1. The Balaban J connectivity index is 1.14. The number of hydrogen-bond donors (Lipinski definition) is 0. The number of nitrogens with zero attached hydrogens (tertiary/aromatic N) is 5. The highest BCUT2D eigenvalue weighted by Gasteiger charge is 2.59. The van der Waals surface area contributed by atoms with Crippen LogP contribution in [0, 0.1) is 0 Å². The molecule has 35 heavy (non-hydrogen) atoms. The van der Waals surface area contributed by atoms with Gasteiger partial charge in [-0.15, -0.1) is 0 Å². The standard InChI is InChI=1S/C28H31N5O2/c1-2-31-27(35)33(25-18-22-6-3-4-7-23(22)19-25)26(34)28(31)12-16-30(17-13-28)20-21-8-10-24(11-9-21)32-15-5-14-29-32/h3-11,14-15,25H,2,12-13,16-20H2,1H3. The zero-order valence-corrected chi connectivity index (χ0v) is 20.1.